The lowest BCUT2D eigenvalue weighted by atomic mass is 10.3. The molecule has 0 bridgehead atoms. The van der Waals surface area contributed by atoms with Crippen LogP contribution in [0.4, 0.5) is 5.13 Å². The molecule has 24 heavy (non-hydrogen) atoms. The Hall–Kier alpha value is -1.80. The zero-order chi connectivity index (χ0) is 16.7. The van der Waals surface area contributed by atoms with Gasteiger partial charge in [0.2, 0.25) is 5.91 Å². The van der Waals surface area contributed by atoms with Gasteiger partial charge in [0.05, 0.1) is 12.2 Å². The molecule has 1 saturated carbocycles. The Labute approximate surface area is 145 Å². The molecule has 2 aromatic rings. The minimum absolute atomic E-state index is 0.0390. The van der Waals surface area contributed by atoms with Gasteiger partial charge in [-0.1, -0.05) is 0 Å². The predicted molar refractivity (Wildman–Crippen MR) is 91.9 cm³/mol. The molecule has 0 radical (unpaired) electrons. The Kier molecular flexibility index (Phi) is 4.09. The van der Waals surface area contributed by atoms with Crippen LogP contribution in [-0.4, -0.2) is 43.6 Å². The SMILES string of the molecule is CCN(C(C)=O)c1nc(CN2CCn3c(nnc3C3CC3)C2)cs1. The molecule has 0 aromatic carbocycles. The van der Waals surface area contributed by atoms with Crippen molar-refractivity contribution in [2.45, 2.75) is 52.2 Å². The van der Waals surface area contributed by atoms with E-state index in [1.807, 2.05) is 6.92 Å². The van der Waals surface area contributed by atoms with Crippen LogP contribution in [0, 0.1) is 0 Å². The van der Waals surface area contributed by atoms with E-state index in [1.54, 1.807) is 11.8 Å². The molecule has 8 heteroatoms. The number of anilines is 1. The lowest BCUT2D eigenvalue weighted by molar-refractivity contribution is -0.116. The second-order valence-corrected chi connectivity index (χ2v) is 7.33. The van der Waals surface area contributed by atoms with Crippen molar-refractivity contribution < 1.29 is 4.79 Å². The van der Waals surface area contributed by atoms with Gasteiger partial charge in [-0.05, 0) is 19.8 Å². The number of carbonyl (C=O) groups excluding carboxylic acids is 1. The summed E-state index contributed by atoms with van der Waals surface area (Å²) in [5.41, 5.74) is 1.02. The molecule has 0 spiro atoms. The van der Waals surface area contributed by atoms with Crippen molar-refractivity contribution in [1.29, 1.82) is 0 Å². The molecule has 4 rings (SSSR count). The summed E-state index contributed by atoms with van der Waals surface area (Å²) in [4.78, 5) is 20.3. The summed E-state index contributed by atoms with van der Waals surface area (Å²) in [5, 5.41) is 11.6. The number of amides is 1. The minimum Gasteiger partial charge on any atom is -0.312 e. The van der Waals surface area contributed by atoms with Gasteiger partial charge in [-0.25, -0.2) is 4.98 Å². The number of nitrogens with zero attached hydrogens (tertiary/aromatic N) is 6. The number of fused-ring (bicyclic) bond motifs is 1. The maximum absolute atomic E-state index is 11.6. The van der Waals surface area contributed by atoms with E-state index >= 15 is 0 Å². The highest BCUT2D eigenvalue weighted by Gasteiger charge is 2.32. The van der Waals surface area contributed by atoms with E-state index in [-0.39, 0.29) is 5.91 Å². The van der Waals surface area contributed by atoms with Gasteiger partial charge in [-0.2, -0.15) is 0 Å². The summed E-state index contributed by atoms with van der Waals surface area (Å²) < 4.78 is 2.30. The minimum atomic E-state index is 0.0390. The van der Waals surface area contributed by atoms with E-state index < -0.39 is 0 Å². The van der Waals surface area contributed by atoms with Crippen molar-refractivity contribution in [3.05, 3.63) is 22.7 Å². The maximum Gasteiger partial charge on any atom is 0.225 e. The molecule has 3 heterocycles. The van der Waals surface area contributed by atoms with Crippen LogP contribution in [-0.2, 0) is 24.4 Å². The molecule has 1 amide bonds. The number of hydrogen-bond donors (Lipinski definition) is 0. The van der Waals surface area contributed by atoms with Gasteiger partial charge in [-0.15, -0.1) is 21.5 Å². The highest BCUT2D eigenvalue weighted by atomic mass is 32.1. The van der Waals surface area contributed by atoms with Gasteiger partial charge >= 0.3 is 0 Å². The first kappa shape index (κ1) is 15.7. The largest absolute Gasteiger partial charge is 0.312 e. The number of aromatic nitrogens is 4. The third-order valence-electron chi connectivity index (χ3n) is 4.66. The first-order valence-electron chi connectivity index (χ1n) is 8.52. The number of rotatable bonds is 5. The summed E-state index contributed by atoms with van der Waals surface area (Å²) >= 11 is 1.54. The molecule has 1 fully saturated rings. The van der Waals surface area contributed by atoms with Crippen LogP contribution in [0.3, 0.4) is 0 Å². The van der Waals surface area contributed by atoms with Crippen molar-refractivity contribution >= 4 is 22.4 Å². The van der Waals surface area contributed by atoms with Gasteiger partial charge in [0.1, 0.15) is 11.6 Å². The van der Waals surface area contributed by atoms with Crippen LogP contribution >= 0.6 is 11.3 Å². The second-order valence-electron chi connectivity index (χ2n) is 6.50. The topological polar surface area (TPSA) is 67.2 Å². The van der Waals surface area contributed by atoms with Crippen molar-refractivity contribution in [2.24, 2.45) is 0 Å². The molecule has 0 saturated heterocycles. The summed E-state index contributed by atoms with van der Waals surface area (Å²) in [6.07, 6.45) is 2.51. The number of carbonyl (C=O) groups is 1. The molecule has 0 atom stereocenters. The molecule has 1 aliphatic carbocycles. The Bertz CT molecular complexity index is 750. The lowest BCUT2D eigenvalue weighted by Crippen LogP contribution is -2.34. The first-order chi connectivity index (χ1) is 11.7. The van der Waals surface area contributed by atoms with Crippen LogP contribution < -0.4 is 4.90 Å². The van der Waals surface area contributed by atoms with Gasteiger partial charge in [0.25, 0.3) is 0 Å². The maximum atomic E-state index is 11.6. The molecular formula is C16H22N6OS. The summed E-state index contributed by atoms with van der Waals surface area (Å²) in [5.74, 6) is 2.93. The van der Waals surface area contributed by atoms with Crippen LogP contribution in [0.2, 0.25) is 0 Å². The van der Waals surface area contributed by atoms with Crippen molar-refractivity contribution in [2.75, 3.05) is 18.0 Å². The van der Waals surface area contributed by atoms with Crippen LogP contribution in [0.25, 0.3) is 0 Å². The molecular weight excluding hydrogens is 324 g/mol. The van der Waals surface area contributed by atoms with E-state index in [4.69, 9.17) is 0 Å². The fourth-order valence-electron chi connectivity index (χ4n) is 3.22. The molecule has 2 aromatic heterocycles. The molecule has 0 unspecified atom stereocenters. The third-order valence-corrected chi connectivity index (χ3v) is 5.57. The predicted octanol–water partition coefficient (Wildman–Crippen LogP) is 2.00. The van der Waals surface area contributed by atoms with Crippen molar-refractivity contribution in [1.82, 2.24) is 24.6 Å². The molecule has 2 aliphatic rings. The van der Waals surface area contributed by atoms with E-state index in [1.165, 1.54) is 30.0 Å². The molecule has 1 aliphatic heterocycles. The summed E-state index contributed by atoms with van der Waals surface area (Å²) in [7, 11) is 0. The van der Waals surface area contributed by atoms with Crippen LogP contribution in [0.1, 0.15) is 49.9 Å². The Morgan fingerprint density at radius 1 is 1.38 bits per heavy atom. The van der Waals surface area contributed by atoms with Crippen LogP contribution in [0.15, 0.2) is 5.38 Å². The van der Waals surface area contributed by atoms with Gasteiger partial charge in [0, 0.05) is 44.4 Å². The molecule has 0 N–H and O–H groups in total. The highest BCUT2D eigenvalue weighted by Crippen LogP contribution is 2.39. The van der Waals surface area contributed by atoms with Crippen molar-refractivity contribution in [3.63, 3.8) is 0 Å². The van der Waals surface area contributed by atoms with Crippen molar-refractivity contribution in [3.8, 4) is 0 Å². The Morgan fingerprint density at radius 3 is 2.92 bits per heavy atom. The summed E-state index contributed by atoms with van der Waals surface area (Å²) in [6, 6.07) is 0. The first-order valence-corrected chi connectivity index (χ1v) is 9.40. The highest BCUT2D eigenvalue weighted by molar-refractivity contribution is 7.14. The van der Waals surface area contributed by atoms with Crippen LogP contribution in [0.5, 0.6) is 0 Å². The van der Waals surface area contributed by atoms with E-state index in [0.717, 1.165) is 42.8 Å². The van der Waals surface area contributed by atoms with Gasteiger partial charge < -0.3 is 4.57 Å². The lowest BCUT2D eigenvalue weighted by Gasteiger charge is -2.27. The van der Waals surface area contributed by atoms with E-state index in [9.17, 15) is 4.79 Å². The van der Waals surface area contributed by atoms with E-state index in [0.29, 0.717) is 12.5 Å². The Morgan fingerprint density at radius 2 is 2.21 bits per heavy atom. The fourth-order valence-corrected chi connectivity index (χ4v) is 4.15. The normalized spacial score (nSPS) is 17.8. The number of thiazole rings is 1. The second kappa shape index (κ2) is 6.25. The van der Waals surface area contributed by atoms with Gasteiger partial charge in [-0.3, -0.25) is 14.6 Å². The summed E-state index contributed by atoms with van der Waals surface area (Å²) in [6.45, 7) is 7.76. The third kappa shape index (κ3) is 2.95. The zero-order valence-electron chi connectivity index (χ0n) is 14.1. The fraction of sp³-hybridized carbons (Fsp3) is 0.625. The van der Waals surface area contributed by atoms with Gasteiger partial charge in [0.15, 0.2) is 5.13 Å². The standard InChI is InChI=1S/C16H22N6OS/c1-3-21(11(2)23)16-17-13(10-24-16)8-20-6-7-22-14(9-20)18-19-15(22)12-4-5-12/h10,12H,3-9H2,1-2H3. The van der Waals surface area contributed by atoms with E-state index in [2.05, 4.69) is 30.0 Å². The molecule has 128 valence electrons. The quantitative estimate of drug-likeness (QED) is 0.828. The average Bonchev–Trinajstić information content (AvgIpc) is 3.16. The monoisotopic (exact) mass is 346 g/mol. The molecule has 7 nitrogen and oxygen atoms in total. The smallest absolute Gasteiger partial charge is 0.225 e. The number of hydrogen-bond acceptors (Lipinski definition) is 6. The zero-order valence-corrected chi connectivity index (χ0v) is 14.9. The average molecular weight is 346 g/mol. The Balaban J connectivity index is 1.43.